The number of amides is 1. The van der Waals surface area contributed by atoms with E-state index in [1.807, 2.05) is 65.2 Å². The maximum absolute atomic E-state index is 12.6. The molecule has 1 amide bonds. The zero-order valence-corrected chi connectivity index (χ0v) is 20.9. The van der Waals surface area contributed by atoms with Gasteiger partial charge in [0.25, 0.3) is 0 Å². The molecule has 0 fully saturated rings. The molecule has 184 valence electrons. The summed E-state index contributed by atoms with van der Waals surface area (Å²) in [5.74, 6) is 2.56. The summed E-state index contributed by atoms with van der Waals surface area (Å²) in [5, 5.41) is 16.5. The van der Waals surface area contributed by atoms with E-state index >= 15 is 0 Å². The molecule has 5 rings (SSSR count). The van der Waals surface area contributed by atoms with Gasteiger partial charge in [-0.2, -0.15) is 0 Å². The van der Waals surface area contributed by atoms with Crippen molar-refractivity contribution >= 4 is 40.6 Å². The SMILES string of the molecule is O=C(CCSc1nnc(CNc2ccc(Cl)cc2)n1-c1ccccc1)Nc1ccc2c(c1)OCCO2. The van der Waals surface area contributed by atoms with Crippen molar-refractivity contribution in [3.63, 3.8) is 0 Å². The topological polar surface area (TPSA) is 90.3 Å². The molecule has 2 N–H and O–H groups in total. The predicted octanol–water partition coefficient (Wildman–Crippen LogP) is 5.42. The first kappa shape index (κ1) is 24.0. The molecule has 0 unspecified atom stereocenters. The third-order valence-electron chi connectivity index (χ3n) is 5.40. The van der Waals surface area contributed by atoms with Gasteiger partial charge in [-0.05, 0) is 48.5 Å². The number of hydrogen-bond donors (Lipinski definition) is 2. The number of thioether (sulfide) groups is 1. The first-order valence-electron chi connectivity index (χ1n) is 11.5. The zero-order chi connectivity index (χ0) is 24.7. The van der Waals surface area contributed by atoms with E-state index in [2.05, 4.69) is 20.8 Å². The molecular formula is C26H24ClN5O3S. The van der Waals surface area contributed by atoms with E-state index in [0.717, 1.165) is 22.4 Å². The van der Waals surface area contributed by atoms with Crippen LogP contribution in [0.25, 0.3) is 5.69 Å². The monoisotopic (exact) mass is 521 g/mol. The van der Waals surface area contributed by atoms with Crippen molar-refractivity contribution in [2.24, 2.45) is 0 Å². The van der Waals surface area contributed by atoms with Crippen LogP contribution in [0, 0.1) is 0 Å². The summed E-state index contributed by atoms with van der Waals surface area (Å²) in [5.41, 5.74) is 2.57. The standard InChI is InChI=1S/C26H24ClN5O3S/c27-18-6-8-19(9-7-18)28-17-24-30-31-26(32(24)21-4-2-1-3-5-21)36-15-12-25(33)29-20-10-11-22-23(16-20)35-14-13-34-22/h1-11,16,28H,12-15,17H2,(H,29,33). The van der Waals surface area contributed by atoms with Crippen LogP contribution in [0.4, 0.5) is 11.4 Å². The van der Waals surface area contributed by atoms with Gasteiger partial charge in [0.1, 0.15) is 13.2 Å². The number of benzene rings is 3. The van der Waals surface area contributed by atoms with Crippen molar-refractivity contribution in [1.82, 2.24) is 14.8 Å². The van der Waals surface area contributed by atoms with Crippen LogP contribution >= 0.6 is 23.4 Å². The summed E-state index contributed by atoms with van der Waals surface area (Å²) >= 11 is 7.47. The van der Waals surface area contributed by atoms with Crippen LogP contribution in [0.1, 0.15) is 12.2 Å². The minimum absolute atomic E-state index is 0.0883. The van der Waals surface area contributed by atoms with Crippen molar-refractivity contribution in [2.45, 2.75) is 18.1 Å². The molecule has 8 nitrogen and oxygen atoms in total. The number of nitrogens with zero attached hydrogens (tertiary/aromatic N) is 3. The molecule has 3 aromatic carbocycles. The van der Waals surface area contributed by atoms with Crippen molar-refractivity contribution in [1.29, 1.82) is 0 Å². The number of aromatic nitrogens is 3. The van der Waals surface area contributed by atoms with Gasteiger partial charge < -0.3 is 20.1 Å². The highest BCUT2D eigenvalue weighted by molar-refractivity contribution is 7.99. The quantitative estimate of drug-likeness (QED) is 0.284. The molecule has 0 radical (unpaired) electrons. The van der Waals surface area contributed by atoms with Gasteiger partial charge in [-0.1, -0.05) is 41.6 Å². The molecule has 0 saturated carbocycles. The van der Waals surface area contributed by atoms with Crippen LogP contribution in [0.5, 0.6) is 11.5 Å². The zero-order valence-electron chi connectivity index (χ0n) is 19.3. The van der Waals surface area contributed by atoms with Crippen molar-refractivity contribution < 1.29 is 14.3 Å². The Bertz CT molecular complexity index is 1330. The fourth-order valence-corrected chi connectivity index (χ4v) is 4.71. The minimum Gasteiger partial charge on any atom is -0.486 e. The largest absolute Gasteiger partial charge is 0.486 e. The Hall–Kier alpha value is -3.69. The Morgan fingerprint density at radius 1 is 0.944 bits per heavy atom. The summed E-state index contributed by atoms with van der Waals surface area (Å²) in [6.07, 6.45) is 0.319. The molecule has 10 heteroatoms. The number of hydrogen-bond acceptors (Lipinski definition) is 7. The molecular weight excluding hydrogens is 498 g/mol. The van der Waals surface area contributed by atoms with Crippen molar-refractivity contribution in [3.8, 4) is 17.2 Å². The van der Waals surface area contributed by atoms with Crippen molar-refractivity contribution in [3.05, 3.63) is 83.6 Å². The number of halogens is 1. The third kappa shape index (κ3) is 5.92. The molecule has 1 aromatic heterocycles. The molecule has 2 heterocycles. The molecule has 0 saturated heterocycles. The summed E-state index contributed by atoms with van der Waals surface area (Å²) in [7, 11) is 0. The molecule has 1 aliphatic rings. The average molecular weight is 522 g/mol. The van der Waals surface area contributed by atoms with Crippen molar-refractivity contribution in [2.75, 3.05) is 29.6 Å². The molecule has 4 aromatic rings. The lowest BCUT2D eigenvalue weighted by atomic mass is 10.2. The maximum Gasteiger partial charge on any atom is 0.225 e. The molecule has 36 heavy (non-hydrogen) atoms. The second kappa shape index (κ2) is 11.4. The number of fused-ring (bicyclic) bond motifs is 1. The highest BCUT2D eigenvalue weighted by Gasteiger charge is 2.16. The second-order valence-corrected chi connectivity index (χ2v) is 9.43. The van der Waals surface area contributed by atoms with Crippen LogP contribution in [0.3, 0.4) is 0 Å². The number of ether oxygens (including phenoxy) is 2. The smallest absolute Gasteiger partial charge is 0.225 e. The van der Waals surface area contributed by atoms with E-state index in [1.54, 1.807) is 12.1 Å². The van der Waals surface area contributed by atoms with Gasteiger partial charge in [-0.3, -0.25) is 9.36 Å². The van der Waals surface area contributed by atoms with Gasteiger partial charge in [-0.25, -0.2) is 0 Å². The van der Waals surface area contributed by atoms with Crippen LogP contribution in [-0.2, 0) is 11.3 Å². The first-order valence-corrected chi connectivity index (χ1v) is 12.8. The lowest BCUT2D eigenvalue weighted by Crippen LogP contribution is -2.16. The van der Waals surface area contributed by atoms with Crippen LogP contribution in [-0.4, -0.2) is 39.6 Å². The Morgan fingerprint density at radius 2 is 1.69 bits per heavy atom. The molecule has 0 bridgehead atoms. The van der Waals surface area contributed by atoms with E-state index in [9.17, 15) is 4.79 Å². The van der Waals surface area contributed by atoms with E-state index < -0.39 is 0 Å². The average Bonchev–Trinajstić information content (AvgIpc) is 3.31. The minimum atomic E-state index is -0.0883. The lowest BCUT2D eigenvalue weighted by Gasteiger charge is -2.19. The predicted molar refractivity (Wildman–Crippen MR) is 142 cm³/mol. The third-order valence-corrected chi connectivity index (χ3v) is 6.58. The van der Waals surface area contributed by atoms with Gasteiger partial charge in [-0.15, -0.1) is 10.2 Å². The highest BCUT2D eigenvalue weighted by atomic mass is 35.5. The van der Waals surface area contributed by atoms with E-state index in [1.165, 1.54) is 11.8 Å². The Morgan fingerprint density at radius 3 is 2.50 bits per heavy atom. The molecule has 0 atom stereocenters. The first-order chi connectivity index (χ1) is 17.7. The van der Waals surface area contributed by atoms with Crippen LogP contribution < -0.4 is 20.1 Å². The van der Waals surface area contributed by atoms with Crippen LogP contribution in [0.15, 0.2) is 78.0 Å². The fraction of sp³-hybridized carbons (Fsp3) is 0.192. The Labute approximate surface area is 218 Å². The second-order valence-electron chi connectivity index (χ2n) is 7.94. The van der Waals surface area contributed by atoms with Gasteiger partial charge in [0.15, 0.2) is 22.5 Å². The number of para-hydroxylation sites is 1. The van der Waals surface area contributed by atoms with E-state index in [0.29, 0.717) is 54.1 Å². The number of anilines is 2. The summed E-state index contributed by atoms with van der Waals surface area (Å²) < 4.78 is 13.1. The highest BCUT2D eigenvalue weighted by Crippen LogP contribution is 2.32. The number of nitrogens with one attached hydrogen (secondary N) is 2. The number of rotatable bonds is 9. The maximum atomic E-state index is 12.6. The molecule has 1 aliphatic heterocycles. The number of carbonyl (C=O) groups is 1. The summed E-state index contributed by atoms with van der Waals surface area (Å²) in [6, 6.07) is 22.8. The van der Waals surface area contributed by atoms with Gasteiger partial charge in [0.2, 0.25) is 5.91 Å². The fourth-order valence-electron chi connectivity index (χ4n) is 3.67. The number of carbonyl (C=O) groups excluding carboxylic acids is 1. The molecule has 0 spiro atoms. The Kier molecular flexibility index (Phi) is 7.58. The lowest BCUT2D eigenvalue weighted by molar-refractivity contribution is -0.115. The van der Waals surface area contributed by atoms with Gasteiger partial charge in [0.05, 0.1) is 6.54 Å². The van der Waals surface area contributed by atoms with E-state index in [4.69, 9.17) is 21.1 Å². The Balaban J connectivity index is 1.22. The van der Waals surface area contributed by atoms with Crippen LogP contribution in [0.2, 0.25) is 5.02 Å². The molecule has 0 aliphatic carbocycles. The summed E-state index contributed by atoms with van der Waals surface area (Å²) in [4.78, 5) is 12.6. The normalized spacial score (nSPS) is 12.2. The van der Waals surface area contributed by atoms with E-state index in [-0.39, 0.29) is 5.91 Å². The van der Waals surface area contributed by atoms with Gasteiger partial charge >= 0.3 is 0 Å². The van der Waals surface area contributed by atoms with Gasteiger partial charge in [0, 0.05) is 40.3 Å². The summed E-state index contributed by atoms with van der Waals surface area (Å²) in [6.45, 7) is 1.51.